The van der Waals surface area contributed by atoms with E-state index >= 15 is 0 Å². The first kappa shape index (κ1) is 34.1. The van der Waals surface area contributed by atoms with Crippen LogP contribution in [0.2, 0.25) is 0 Å². The van der Waals surface area contributed by atoms with Crippen LogP contribution in [0.1, 0.15) is 0 Å². The molecule has 0 radical (unpaired) electrons. The maximum atomic E-state index is 5.11. The van der Waals surface area contributed by atoms with E-state index in [4.69, 9.17) is 15.0 Å². The van der Waals surface area contributed by atoms with Gasteiger partial charge in [0, 0.05) is 64.8 Å². The summed E-state index contributed by atoms with van der Waals surface area (Å²) < 4.78 is 4.86. The Labute approximate surface area is 355 Å². The van der Waals surface area contributed by atoms with Gasteiger partial charge < -0.3 is 9.13 Å². The van der Waals surface area contributed by atoms with E-state index in [0.29, 0.717) is 17.5 Å². The van der Waals surface area contributed by atoms with Gasteiger partial charge in [0.15, 0.2) is 17.5 Å². The third kappa shape index (κ3) is 5.26. The first-order valence-corrected chi connectivity index (χ1v) is 21.3. The molecular formula is C55H33N5S. The van der Waals surface area contributed by atoms with Gasteiger partial charge in [-0.25, -0.2) is 15.0 Å². The summed E-state index contributed by atoms with van der Waals surface area (Å²) >= 11 is 1.84. The standard InChI is InChI=1S/C55H33N5S/c1-4-15-34(16-5-1)53-56-54(35-17-6-2-7-18-35)58-55(57-53)43-29-30-50-52-41(23-14-24-42(43)52)40-28-27-37(31-51(40)61-50)60-47-26-13-11-22-39(47)45-32-44-38-21-10-12-25-46(38)59(48(44)33-49(45)60)36-19-8-3-9-20-36/h1-33H. The lowest BCUT2D eigenvalue weighted by atomic mass is 9.94. The summed E-state index contributed by atoms with van der Waals surface area (Å²) in [5.41, 5.74) is 12.4. The third-order valence-corrected chi connectivity index (χ3v) is 13.3. The average Bonchev–Trinajstić information content (AvgIpc) is 3.83. The largest absolute Gasteiger partial charge is 0.309 e. The fraction of sp³-hybridized carbons (Fsp3) is 0. The summed E-state index contributed by atoms with van der Waals surface area (Å²) in [6, 6.07) is 71.5. The number of aromatic nitrogens is 5. The van der Waals surface area contributed by atoms with Gasteiger partial charge in [-0.1, -0.05) is 151 Å². The molecule has 0 atom stereocenters. The highest BCUT2D eigenvalue weighted by atomic mass is 32.2. The van der Waals surface area contributed by atoms with Gasteiger partial charge in [-0.15, -0.1) is 0 Å². The maximum Gasteiger partial charge on any atom is 0.164 e. The van der Waals surface area contributed by atoms with Crippen molar-refractivity contribution < 1.29 is 0 Å². The van der Waals surface area contributed by atoms with E-state index in [0.717, 1.165) is 33.5 Å². The van der Waals surface area contributed by atoms with E-state index in [1.54, 1.807) is 0 Å². The lowest BCUT2D eigenvalue weighted by Gasteiger charge is -2.22. The van der Waals surface area contributed by atoms with Crippen LogP contribution in [0.4, 0.5) is 0 Å². The Morgan fingerprint density at radius 3 is 1.51 bits per heavy atom. The zero-order valence-corrected chi connectivity index (χ0v) is 33.5. The zero-order chi connectivity index (χ0) is 40.0. The van der Waals surface area contributed by atoms with Crippen LogP contribution in [0, 0.1) is 0 Å². The zero-order valence-electron chi connectivity index (χ0n) is 32.7. The molecule has 6 heteroatoms. The summed E-state index contributed by atoms with van der Waals surface area (Å²) in [5, 5.41) is 7.35. The van der Waals surface area contributed by atoms with Crippen LogP contribution < -0.4 is 0 Å². The van der Waals surface area contributed by atoms with Crippen molar-refractivity contribution in [3.63, 3.8) is 0 Å². The van der Waals surface area contributed by atoms with Crippen LogP contribution in [-0.2, 0) is 0 Å². The van der Waals surface area contributed by atoms with Crippen molar-refractivity contribution in [2.24, 2.45) is 0 Å². The van der Waals surface area contributed by atoms with E-state index in [1.807, 2.05) is 48.2 Å². The number of hydrogen-bond acceptors (Lipinski definition) is 4. The first-order chi connectivity index (χ1) is 30.2. The molecule has 3 aromatic heterocycles. The molecule has 0 spiro atoms. The van der Waals surface area contributed by atoms with Crippen LogP contribution >= 0.6 is 11.8 Å². The van der Waals surface area contributed by atoms with Crippen LogP contribution in [0.5, 0.6) is 0 Å². The molecule has 0 N–H and O–H groups in total. The second kappa shape index (κ2) is 13.4. The van der Waals surface area contributed by atoms with Gasteiger partial charge in [0.2, 0.25) is 0 Å². The van der Waals surface area contributed by atoms with Gasteiger partial charge in [0.25, 0.3) is 0 Å². The minimum Gasteiger partial charge on any atom is -0.309 e. The molecule has 4 heterocycles. The maximum absolute atomic E-state index is 5.11. The highest BCUT2D eigenvalue weighted by molar-refractivity contribution is 7.99. The highest BCUT2D eigenvalue weighted by Gasteiger charge is 2.24. The van der Waals surface area contributed by atoms with Crippen molar-refractivity contribution in [3.8, 4) is 56.7 Å². The highest BCUT2D eigenvalue weighted by Crippen LogP contribution is 2.50. The summed E-state index contributed by atoms with van der Waals surface area (Å²) in [6.07, 6.45) is 0. The van der Waals surface area contributed by atoms with Gasteiger partial charge in [0.1, 0.15) is 0 Å². The van der Waals surface area contributed by atoms with Crippen molar-refractivity contribution >= 4 is 66.1 Å². The fourth-order valence-electron chi connectivity index (χ4n) is 9.45. The van der Waals surface area contributed by atoms with E-state index in [-0.39, 0.29) is 0 Å². The lowest BCUT2D eigenvalue weighted by Crippen LogP contribution is -2.02. The molecule has 9 aromatic carbocycles. The van der Waals surface area contributed by atoms with Gasteiger partial charge >= 0.3 is 0 Å². The molecule has 12 aromatic rings. The van der Waals surface area contributed by atoms with E-state index < -0.39 is 0 Å². The summed E-state index contributed by atoms with van der Waals surface area (Å²) in [6.45, 7) is 0. The molecule has 13 rings (SSSR count). The van der Waals surface area contributed by atoms with Crippen molar-refractivity contribution in [2.45, 2.75) is 9.79 Å². The first-order valence-electron chi connectivity index (χ1n) is 20.5. The third-order valence-electron chi connectivity index (χ3n) is 12.2. The molecule has 61 heavy (non-hydrogen) atoms. The second-order valence-corrected chi connectivity index (χ2v) is 16.7. The van der Waals surface area contributed by atoms with Crippen molar-refractivity contribution in [1.82, 2.24) is 24.1 Å². The summed E-state index contributed by atoms with van der Waals surface area (Å²) in [5.74, 6) is 1.98. The van der Waals surface area contributed by atoms with E-state index in [2.05, 4.69) is 173 Å². The molecule has 0 fully saturated rings. The molecule has 0 unspecified atom stereocenters. The molecular weight excluding hydrogens is 763 g/mol. The minimum absolute atomic E-state index is 0.657. The van der Waals surface area contributed by atoms with Crippen molar-refractivity contribution in [2.75, 3.05) is 0 Å². The molecule has 0 bridgehead atoms. The number of nitrogens with zero attached hydrogens (tertiary/aromatic N) is 5. The summed E-state index contributed by atoms with van der Waals surface area (Å²) in [4.78, 5) is 17.6. The van der Waals surface area contributed by atoms with Gasteiger partial charge in [0.05, 0.1) is 22.1 Å². The van der Waals surface area contributed by atoms with Gasteiger partial charge in [-0.2, -0.15) is 0 Å². The monoisotopic (exact) mass is 795 g/mol. The second-order valence-electron chi connectivity index (χ2n) is 15.6. The number of fused-ring (bicyclic) bond motifs is 8. The SMILES string of the molecule is c1ccc(-c2nc(-c3ccccc3)nc(-c3ccc4c5c(cccc35)-c3ccc(-n5c6ccccc6c6cc7c8ccccc8n(-c8ccccc8)c7cc65)cc3S4)n2)cc1. The van der Waals surface area contributed by atoms with E-state index in [1.165, 1.54) is 69.9 Å². The number of hydrogen-bond donors (Lipinski definition) is 0. The molecule has 1 aliphatic rings. The molecule has 0 saturated heterocycles. The van der Waals surface area contributed by atoms with Gasteiger partial charge in [-0.05, 0) is 77.2 Å². The molecule has 0 aliphatic carbocycles. The average molecular weight is 796 g/mol. The number of rotatable bonds is 5. The molecule has 5 nitrogen and oxygen atoms in total. The Morgan fingerprint density at radius 1 is 0.311 bits per heavy atom. The molecule has 1 aliphatic heterocycles. The minimum atomic E-state index is 0.657. The van der Waals surface area contributed by atoms with Gasteiger partial charge in [-0.3, -0.25) is 0 Å². The van der Waals surface area contributed by atoms with Crippen molar-refractivity contribution in [3.05, 3.63) is 200 Å². The number of para-hydroxylation sites is 3. The van der Waals surface area contributed by atoms with Crippen LogP contribution in [0.25, 0.3) is 111 Å². The smallest absolute Gasteiger partial charge is 0.164 e. The van der Waals surface area contributed by atoms with Crippen LogP contribution in [-0.4, -0.2) is 24.1 Å². The predicted molar refractivity (Wildman–Crippen MR) is 252 cm³/mol. The lowest BCUT2D eigenvalue weighted by molar-refractivity contribution is 1.08. The Hall–Kier alpha value is -7.80. The Kier molecular flexibility index (Phi) is 7.47. The fourth-order valence-corrected chi connectivity index (χ4v) is 10.6. The quantitative estimate of drug-likeness (QED) is 0.174. The van der Waals surface area contributed by atoms with Crippen molar-refractivity contribution in [1.29, 1.82) is 0 Å². The Balaban J connectivity index is 0.984. The number of benzene rings is 9. The Morgan fingerprint density at radius 2 is 0.852 bits per heavy atom. The molecule has 0 saturated carbocycles. The molecule has 284 valence electrons. The van der Waals surface area contributed by atoms with E-state index in [9.17, 15) is 0 Å². The Bertz CT molecular complexity index is 3660. The molecule has 0 amide bonds. The normalized spacial score (nSPS) is 12.2. The van der Waals surface area contributed by atoms with Crippen LogP contribution in [0.3, 0.4) is 0 Å². The summed E-state index contributed by atoms with van der Waals surface area (Å²) in [7, 11) is 0. The van der Waals surface area contributed by atoms with Crippen LogP contribution in [0.15, 0.2) is 210 Å². The predicted octanol–water partition coefficient (Wildman–Crippen LogP) is 14.4. The topological polar surface area (TPSA) is 48.5 Å².